The van der Waals surface area contributed by atoms with Gasteiger partial charge in [-0.3, -0.25) is 4.79 Å². The predicted octanol–water partition coefficient (Wildman–Crippen LogP) is 7.61. The van der Waals surface area contributed by atoms with Crippen molar-refractivity contribution in [3.63, 3.8) is 0 Å². The summed E-state index contributed by atoms with van der Waals surface area (Å²) in [6, 6.07) is -0.542. The summed E-state index contributed by atoms with van der Waals surface area (Å²) >= 11 is 0. The fraction of sp³-hybridized carbons (Fsp3) is 0.897. The Morgan fingerprint density at radius 2 is 1.15 bits per heavy atom. The van der Waals surface area contributed by atoms with Crippen LogP contribution in [-0.2, 0) is 4.79 Å². The molecule has 0 aromatic rings. The number of nitrogens with one attached hydrogen (secondary N) is 1. The number of unbranched alkanes of at least 4 members (excludes halogenated alkanes) is 16. The first-order valence-electron chi connectivity index (χ1n) is 14.4. The van der Waals surface area contributed by atoms with Crippen LogP contribution in [0, 0.1) is 0 Å². The van der Waals surface area contributed by atoms with Crippen LogP contribution in [0.5, 0.6) is 0 Å². The topological polar surface area (TPSA) is 69.6 Å². The van der Waals surface area contributed by atoms with E-state index in [0.717, 1.165) is 38.5 Å². The van der Waals surface area contributed by atoms with Crippen LogP contribution in [0.3, 0.4) is 0 Å². The lowest BCUT2D eigenvalue weighted by molar-refractivity contribution is -0.123. The van der Waals surface area contributed by atoms with Crippen molar-refractivity contribution in [2.75, 3.05) is 6.61 Å². The molecule has 0 bridgehead atoms. The smallest absolute Gasteiger partial charge is 0.220 e. The van der Waals surface area contributed by atoms with E-state index in [1.165, 1.54) is 83.5 Å². The van der Waals surface area contributed by atoms with Gasteiger partial charge in [-0.2, -0.15) is 0 Å². The Morgan fingerprint density at radius 3 is 1.67 bits per heavy atom. The summed E-state index contributed by atoms with van der Waals surface area (Å²) in [4.78, 5) is 12.2. The van der Waals surface area contributed by atoms with Gasteiger partial charge in [0, 0.05) is 6.42 Å². The van der Waals surface area contributed by atoms with Crippen molar-refractivity contribution in [2.24, 2.45) is 0 Å². The van der Waals surface area contributed by atoms with Crippen LogP contribution in [0.25, 0.3) is 0 Å². The molecule has 2 atom stereocenters. The molecule has 0 aromatic heterocycles. The van der Waals surface area contributed by atoms with E-state index in [9.17, 15) is 15.0 Å². The number of aliphatic hydroxyl groups is 2. The molecule has 0 heterocycles. The highest BCUT2D eigenvalue weighted by Gasteiger charge is 2.19. The Bertz CT molecular complexity index is 439. The van der Waals surface area contributed by atoms with Gasteiger partial charge < -0.3 is 15.5 Å². The first-order valence-corrected chi connectivity index (χ1v) is 14.4. The van der Waals surface area contributed by atoms with Crippen molar-refractivity contribution >= 4 is 5.91 Å². The fourth-order valence-electron chi connectivity index (χ4n) is 4.23. The molecule has 3 N–H and O–H groups in total. The van der Waals surface area contributed by atoms with Gasteiger partial charge >= 0.3 is 0 Å². The summed E-state index contributed by atoms with van der Waals surface area (Å²) in [7, 11) is 0. The minimum absolute atomic E-state index is 0.0461. The SMILES string of the molecule is CCCCC/C=C/CCCC[C@@H](O)[C@H](CO)NC(=O)CCCCCCCCCCCCCC. The molecule has 0 unspecified atom stereocenters. The first-order chi connectivity index (χ1) is 16.2. The van der Waals surface area contributed by atoms with Crippen molar-refractivity contribution in [1.29, 1.82) is 0 Å². The van der Waals surface area contributed by atoms with Gasteiger partial charge in [0.25, 0.3) is 0 Å². The monoisotopic (exact) mass is 467 g/mol. The molecule has 0 aliphatic carbocycles. The third-order valence-electron chi connectivity index (χ3n) is 6.53. The van der Waals surface area contributed by atoms with Gasteiger partial charge in [0.2, 0.25) is 5.91 Å². The minimum Gasteiger partial charge on any atom is -0.394 e. The van der Waals surface area contributed by atoms with Gasteiger partial charge in [0.05, 0.1) is 18.8 Å². The number of hydrogen-bond donors (Lipinski definition) is 3. The fourth-order valence-corrected chi connectivity index (χ4v) is 4.23. The molecule has 0 rings (SSSR count). The Hall–Kier alpha value is -0.870. The average molecular weight is 468 g/mol. The lowest BCUT2D eigenvalue weighted by Gasteiger charge is -2.22. The van der Waals surface area contributed by atoms with E-state index >= 15 is 0 Å². The van der Waals surface area contributed by atoms with Gasteiger partial charge in [0.15, 0.2) is 0 Å². The molecule has 0 saturated carbocycles. The summed E-state index contributed by atoms with van der Waals surface area (Å²) in [5, 5.41) is 22.7. The maximum absolute atomic E-state index is 12.2. The summed E-state index contributed by atoms with van der Waals surface area (Å²) < 4.78 is 0. The standard InChI is InChI=1S/C29H57NO3/c1-3-5-7-9-11-13-14-15-17-19-21-23-25-29(33)30-27(26-31)28(32)24-22-20-18-16-12-10-8-6-4-2/h12,16,27-28,31-32H,3-11,13-15,17-26H2,1-2H3,(H,30,33)/b16-12+/t27-,28+/m0/s1. The highest BCUT2D eigenvalue weighted by molar-refractivity contribution is 5.76. The number of hydrogen-bond acceptors (Lipinski definition) is 3. The first kappa shape index (κ1) is 32.1. The molecule has 0 aromatic carbocycles. The zero-order chi connectivity index (χ0) is 24.4. The van der Waals surface area contributed by atoms with E-state index in [2.05, 4.69) is 31.3 Å². The van der Waals surface area contributed by atoms with E-state index < -0.39 is 12.1 Å². The van der Waals surface area contributed by atoms with Crippen molar-refractivity contribution in [3.8, 4) is 0 Å². The Morgan fingerprint density at radius 1 is 0.697 bits per heavy atom. The molecule has 4 nitrogen and oxygen atoms in total. The minimum atomic E-state index is -0.672. The Kier molecular flexibility index (Phi) is 25.1. The number of carbonyl (C=O) groups is 1. The van der Waals surface area contributed by atoms with Gasteiger partial charge in [-0.1, -0.05) is 116 Å². The molecule has 1 amide bonds. The second-order valence-electron chi connectivity index (χ2n) is 9.81. The second-order valence-corrected chi connectivity index (χ2v) is 9.81. The molecule has 0 spiro atoms. The van der Waals surface area contributed by atoms with Crippen LogP contribution in [0.15, 0.2) is 12.2 Å². The Labute approximate surface area is 206 Å². The number of allylic oxidation sites excluding steroid dienone is 2. The zero-order valence-electron chi connectivity index (χ0n) is 22.2. The molecule has 0 aliphatic rings. The van der Waals surface area contributed by atoms with Crippen LogP contribution in [-0.4, -0.2) is 34.9 Å². The van der Waals surface area contributed by atoms with Gasteiger partial charge in [-0.25, -0.2) is 0 Å². The van der Waals surface area contributed by atoms with Gasteiger partial charge in [-0.05, 0) is 38.5 Å². The second kappa shape index (κ2) is 25.7. The highest BCUT2D eigenvalue weighted by atomic mass is 16.3. The van der Waals surface area contributed by atoms with Gasteiger partial charge in [0.1, 0.15) is 0 Å². The van der Waals surface area contributed by atoms with Crippen LogP contribution in [0.2, 0.25) is 0 Å². The van der Waals surface area contributed by atoms with Crippen molar-refractivity contribution < 1.29 is 15.0 Å². The Balaban J connectivity index is 3.65. The van der Waals surface area contributed by atoms with E-state index in [4.69, 9.17) is 0 Å². The molecule has 0 aliphatic heterocycles. The molecule has 0 saturated heterocycles. The largest absolute Gasteiger partial charge is 0.394 e. The molecule has 4 heteroatoms. The maximum Gasteiger partial charge on any atom is 0.220 e. The molecule has 0 fully saturated rings. The number of aliphatic hydroxyl groups excluding tert-OH is 2. The summed E-state index contributed by atoms with van der Waals surface area (Å²) in [5.41, 5.74) is 0. The van der Waals surface area contributed by atoms with Gasteiger partial charge in [-0.15, -0.1) is 0 Å². The van der Waals surface area contributed by atoms with E-state index in [-0.39, 0.29) is 12.5 Å². The van der Waals surface area contributed by atoms with Crippen LogP contribution in [0.1, 0.15) is 149 Å². The number of amides is 1. The van der Waals surface area contributed by atoms with E-state index in [1.807, 2.05) is 0 Å². The summed E-state index contributed by atoms with van der Waals surface area (Å²) in [6.07, 6.45) is 28.2. The van der Waals surface area contributed by atoms with Crippen LogP contribution < -0.4 is 5.32 Å². The van der Waals surface area contributed by atoms with Crippen molar-refractivity contribution in [3.05, 3.63) is 12.2 Å². The van der Waals surface area contributed by atoms with Crippen molar-refractivity contribution in [2.45, 2.75) is 161 Å². The number of rotatable bonds is 25. The van der Waals surface area contributed by atoms with Crippen molar-refractivity contribution in [1.82, 2.24) is 5.32 Å². The molecular weight excluding hydrogens is 410 g/mol. The molecule has 33 heavy (non-hydrogen) atoms. The quantitative estimate of drug-likeness (QED) is 0.0955. The molecule has 0 radical (unpaired) electrons. The normalized spacial score (nSPS) is 13.5. The molecule has 196 valence electrons. The predicted molar refractivity (Wildman–Crippen MR) is 142 cm³/mol. The lowest BCUT2D eigenvalue weighted by atomic mass is 10.0. The maximum atomic E-state index is 12.2. The number of carbonyl (C=O) groups excluding carboxylic acids is 1. The lowest BCUT2D eigenvalue weighted by Crippen LogP contribution is -2.45. The van der Waals surface area contributed by atoms with E-state index in [1.54, 1.807) is 0 Å². The van der Waals surface area contributed by atoms with Crippen LogP contribution in [0.4, 0.5) is 0 Å². The van der Waals surface area contributed by atoms with E-state index in [0.29, 0.717) is 12.8 Å². The summed E-state index contributed by atoms with van der Waals surface area (Å²) in [6.45, 7) is 4.27. The summed E-state index contributed by atoms with van der Waals surface area (Å²) in [5.74, 6) is -0.0461. The third kappa shape index (κ3) is 22.7. The third-order valence-corrected chi connectivity index (χ3v) is 6.53. The molecular formula is C29H57NO3. The zero-order valence-corrected chi connectivity index (χ0v) is 22.2. The highest BCUT2D eigenvalue weighted by Crippen LogP contribution is 2.13. The van der Waals surface area contributed by atoms with Crippen LogP contribution >= 0.6 is 0 Å². The average Bonchev–Trinajstić information content (AvgIpc) is 2.82.